The highest BCUT2D eigenvalue weighted by Crippen LogP contribution is 2.45. The molecule has 1 spiro atoms. The van der Waals surface area contributed by atoms with Crippen LogP contribution in [0, 0.1) is 5.41 Å². The largest absolute Gasteiger partial charge is 0.398 e. The molecule has 0 amide bonds. The van der Waals surface area contributed by atoms with E-state index in [1.54, 1.807) is 6.92 Å². The van der Waals surface area contributed by atoms with Crippen molar-refractivity contribution in [1.29, 1.82) is 0 Å². The van der Waals surface area contributed by atoms with Crippen LogP contribution in [0.25, 0.3) is 10.8 Å². The van der Waals surface area contributed by atoms with E-state index < -0.39 is 5.79 Å². The number of ether oxygens (including phenoxy) is 2. The van der Waals surface area contributed by atoms with Crippen molar-refractivity contribution in [3.05, 3.63) is 41.0 Å². The molecule has 0 saturated carbocycles. The Morgan fingerprint density at radius 1 is 1.12 bits per heavy atom. The molecule has 2 N–H and O–H groups in total. The molecule has 0 radical (unpaired) electrons. The maximum Gasteiger partial charge on any atom is 0.162 e. The summed E-state index contributed by atoms with van der Waals surface area (Å²) in [5.74, 6) is -0.434. The van der Waals surface area contributed by atoms with E-state index in [1.807, 2.05) is 32.0 Å². The Morgan fingerprint density at radius 3 is 2.50 bits per heavy atom. The van der Waals surface area contributed by atoms with Crippen LogP contribution in [0.15, 0.2) is 24.3 Å². The minimum absolute atomic E-state index is 0.0752. The maximum absolute atomic E-state index is 12.4. The van der Waals surface area contributed by atoms with Crippen LogP contribution in [0.2, 0.25) is 0 Å². The molecule has 0 aromatic heterocycles. The number of rotatable bonds is 1. The molecule has 1 aliphatic carbocycles. The summed E-state index contributed by atoms with van der Waals surface area (Å²) in [6, 6.07) is 7.95. The van der Waals surface area contributed by atoms with Gasteiger partial charge >= 0.3 is 0 Å². The Bertz CT molecular complexity index is 844. The van der Waals surface area contributed by atoms with Crippen molar-refractivity contribution in [1.82, 2.24) is 0 Å². The Hall–Kier alpha value is -1.91. The molecular formula is C20H23NO3. The molecule has 1 heterocycles. The Balaban J connectivity index is 1.84. The number of anilines is 1. The van der Waals surface area contributed by atoms with Crippen molar-refractivity contribution in [3.8, 4) is 0 Å². The van der Waals surface area contributed by atoms with E-state index in [2.05, 4.69) is 6.07 Å². The normalized spacial score (nSPS) is 21.1. The summed E-state index contributed by atoms with van der Waals surface area (Å²) in [4.78, 5) is 12.4. The number of ketones is 1. The fourth-order valence-corrected chi connectivity index (χ4v) is 4.09. The third kappa shape index (κ3) is 2.33. The van der Waals surface area contributed by atoms with E-state index in [0.29, 0.717) is 13.2 Å². The van der Waals surface area contributed by atoms with E-state index >= 15 is 0 Å². The second-order valence-electron chi connectivity index (χ2n) is 7.72. The summed E-state index contributed by atoms with van der Waals surface area (Å²) in [5.41, 5.74) is 9.98. The molecule has 4 heteroatoms. The van der Waals surface area contributed by atoms with Gasteiger partial charge < -0.3 is 15.2 Å². The molecule has 1 aliphatic heterocycles. The number of benzene rings is 2. The number of hydrogen-bond donors (Lipinski definition) is 1. The zero-order valence-corrected chi connectivity index (χ0v) is 14.4. The molecule has 2 aromatic carbocycles. The zero-order valence-electron chi connectivity index (χ0n) is 14.4. The first-order chi connectivity index (χ1) is 11.3. The minimum atomic E-state index is -0.529. The SMILES string of the molecule is CC(=O)c1c2c(cc3c(N)cccc13)CC1(COC(C)(C)OC1)C2. The first-order valence-corrected chi connectivity index (χ1v) is 8.42. The van der Waals surface area contributed by atoms with Gasteiger partial charge in [-0.3, -0.25) is 4.79 Å². The van der Waals surface area contributed by atoms with Gasteiger partial charge in [0.15, 0.2) is 11.6 Å². The lowest BCUT2D eigenvalue weighted by molar-refractivity contribution is -0.283. The van der Waals surface area contributed by atoms with Gasteiger partial charge in [-0.1, -0.05) is 12.1 Å². The van der Waals surface area contributed by atoms with Gasteiger partial charge in [-0.2, -0.15) is 0 Å². The fraction of sp³-hybridized carbons (Fsp3) is 0.450. The molecule has 0 unspecified atom stereocenters. The van der Waals surface area contributed by atoms with E-state index in [0.717, 1.165) is 40.4 Å². The first-order valence-electron chi connectivity index (χ1n) is 8.42. The van der Waals surface area contributed by atoms with Crippen LogP contribution in [-0.2, 0) is 22.3 Å². The monoisotopic (exact) mass is 325 g/mol. The van der Waals surface area contributed by atoms with E-state index in [9.17, 15) is 4.79 Å². The van der Waals surface area contributed by atoms with E-state index in [-0.39, 0.29) is 11.2 Å². The lowest BCUT2D eigenvalue weighted by Gasteiger charge is -2.41. The van der Waals surface area contributed by atoms with Crippen molar-refractivity contribution >= 4 is 22.2 Å². The number of fused-ring (bicyclic) bond motifs is 2. The summed E-state index contributed by atoms with van der Waals surface area (Å²) in [6.07, 6.45) is 1.68. The average molecular weight is 325 g/mol. The van der Waals surface area contributed by atoms with Crippen LogP contribution >= 0.6 is 0 Å². The smallest absolute Gasteiger partial charge is 0.162 e. The van der Waals surface area contributed by atoms with Crippen molar-refractivity contribution in [2.24, 2.45) is 5.41 Å². The Morgan fingerprint density at radius 2 is 1.83 bits per heavy atom. The molecule has 4 nitrogen and oxygen atoms in total. The topological polar surface area (TPSA) is 61.6 Å². The van der Waals surface area contributed by atoms with E-state index in [4.69, 9.17) is 15.2 Å². The molecular weight excluding hydrogens is 302 g/mol. The Labute approximate surface area is 141 Å². The van der Waals surface area contributed by atoms with Crippen molar-refractivity contribution in [3.63, 3.8) is 0 Å². The molecule has 24 heavy (non-hydrogen) atoms. The molecule has 126 valence electrons. The third-order valence-electron chi connectivity index (χ3n) is 5.34. The molecule has 0 bridgehead atoms. The van der Waals surface area contributed by atoms with Crippen LogP contribution in [-0.4, -0.2) is 24.8 Å². The van der Waals surface area contributed by atoms with Gasteiger partial charge in [0.25, 0.3) is 0 Å². The van der Waals surface area contributed by atoms with Crippen LogP contribution < -0.4 is 5.73 Å². The number of hydrogen-bond acceptors (Lipinski definition) is 4. The highest BCUT2D eigenvalue weighted by molar-refractivity contribution is 6.11. The summed E-state index contributed by atoms with van der Waals surface area (Å²) >= 11 is 0. The predicted molar refractivity (Wildman–Crippen MR) is 94.2 cm³/mol. The number of nitrogens with two attached hydrogens (primary N) is 1. The van der Waals surface area contributed by atoms with Gasteiger partial charge in [0.05, 0.1) is 13.2 Å². The van der Waals surface area contributed by atoms with Crippen LogP contribution in [0.3, 0.4) is 0 Å². The Kier molecular flexibility index (Phi) is 3.28. The first kappa shape index (κ1) is 15.6. The summed E-state index contributed by atoms with van der Waals surface area (Å²) in [6.45, 7) is 6.83. The second-order valence-corrected chi connectivity index (χ2v) is 7.72. The average Bonchev–Trinajstić information content (AvgIpc) is 2.87. The van der Waals surface area contributed by atoms with E-state index in [1.165, 1.54) is 5.56 Å². The third-order valence-corrected chi connectivity index (χ3v) is 5.34. The van der Waals surface area contributed by atoms with Gasteiger partial charge in [0, 0.05) is 22.1 Å². The van der Waals surface area contributed by atoms with Crippen LogP contribution in [0.4, 0.5) is 5.69 Å². The highest BCUT2D eigenvalue weighted by Gasteiger charge is 2.45. The minimum Gasteiger partial charge on any atom is -0.398 e. The number of nitrogen functional groups attached to an aromatic ring is 1. The van der Waals surface area contributed by atoms with Crippen LogP contribution in [0.1, 0.15) is 42.3 Å². The van der Waals surface area contributed by atoms with Gasteiger partial charge in [-0.25, -0.2) is 0 Å². The van der Waals surface area contributed by atoms with Gasteiger partial charge in [0.2, 0.25) is 0 Å². The summed E-state index contributed by atoms with van der Waals surface area (Å²) in [7, 11) is 0. The lowest BCUT2D eigenvalue weighted by atomic mass is 9.85. The summed E-state index contributed by atoms with van der Waals surface area (Å²) < 4.78 is 11.8. The van der Waals surface area contributed by atoms with Gasteiger partial charge in [-0.05, 0) is 62.3 Å². The molecule has 2 aliphatic rings. The van der Waals surface area contributed by atoms with Crippen molar-refractivity contribution in [2.75, 3.05) is 18.9 Å². The second kappa shape index (κ2) is 5.04. The maximum atomic E-state index is 12.4. The molecule has 1 fully saturated rings. The summed E-state index contributed by atoms with van der Waals surface area (Å²) in [5, 5.41) is 1.92. The lowest BCUT2D eigenvalue weighted by Crippen LogP contribution is -2.47. The van der Waals surface area contributed by atoms with Gasteiger partial charge in [-0.15, -0.1) is 0 Å². The number of carbonyl (C=O) groups is 1. The molecule has 1 saturated heterocycles. The number of carbonyl (C=O) groups excluding carboxylic acids is 1. The molecule has 2 aromatic rings. The van der Waals surface area contributed by atoms with Crippen LogP contribution in [0.5, 0.6) is 0 Å². The number of Topliss-reactive ketones (excluding diaryl/α,β-unsaturated/α-hetero) is 1. The van der Waals surface area contributed by atoms with Crippen molar-refractivity contribution < 1.29 is 14.3 Å². The van der Waals surface area contributed by atoms with Gasteiger partial charge in [0.1, 0.15) is 0 Å². The highest BCUT2D eigenvalue weighted by atomic mass is 16.7. The standard InChI is InChI=1S/C20H23NO3/c1-12(22)18-14-5-4-6-17(21)15(14)7-13-8-20(9-16(13)18)10-23-19(2,3)24-11-20/h4-7H,8-11,21H2,1-3H3. The van der Waals surface area contributed by atoms with Crippen molar-refractivity contribution in [2.45, 2.75) is 39.4 Å². The fourth-order valence-electron chi connectivity index (χ4n) is 4.09. The zero-order chi connectivity index (χ0) is 17.1. The predicted octanol–water partition coefficient (Wildman–Crippen LogP) is 3.49. The molecule has 4 rings (SSSR count). The quantitative estimate of drug-likeness (QED) is 0.644. The molecule has 0 atom stereocenters.